The average molecular weight is 378 g/mol. The lowest BCUT2D eigenvalue weighted by Gasteiger charge is -2.27. The highest BCUT2D eigenvalue weighted by Crippen LogP contribution is 2.38. The lowest BCUT2D eigenvalue weighted by molar-refractivity contribution is -0.147. The molecule has 2 aliphatic rings. The number of thiophene rings is 1. The second-order valence-corrected chi connectivity index (χ2v) is 8.42. The van der Waals surface area contributed by atoms with Crippen molar-refractivity contribution in [2.45, 2.75) is 64.2 Å². The summed E-state index contributed by atoms with van der Waals surface area (Å²) in [6.45, 7) is 0. The van der Waals surface area contributed by atoms with Crippen LogP contribution in [-0.2, 0) is 22.4 Å². The minimum absolute atomic E-state index is 0.297. The molecule has 0 radical (unpaired) electrons. The highest BCUT2D eigenvalue weighted by Gasteiger charge is 2.36. The zero-order chi connectivity index (χ0) is 18.7. The summed E-state index contributed by atoms with van der Waals surface area (Å²) >= 11 is 1.43. The average Bonchev–Trinajstić information content (AvgIpc) is 2.91. The van der Waals surface area contributed by atoms with E-state index in [1.807, 2.05) is 0 Å². The number of primary amides is 1. The number of carbonyl (C=O) groups excluding carboxylic acids is 2. The van der Waals surface area contributed by atoms with Crippen LogP contribution in [0.4, 0.5) is 5.00 Å². The normalized spacial score (nSPS) is 23.4. The van der Waals surface area contributed by atoms with Crippen LogP contribution in [0.1, 0.15) is 72.2 Å². The van der Waals surface area contributed by atoms with E-state index in [9.17, 15) is 19.5 Å². The minimum Gasteiger partial charge on any atom is -0.481 e. The fourth-order valence-electron chi connectivity index (χ4n) is 4.21. The van der Waals surface area contributed by atoms with Gasteiger partial charge in [0.1, 0.15) is 5.00 Å². The summed E-state index contributed by atoms with van der Waals surface area (Å²) in [5.74, 6) is -2.93. The SMILES string of the molecule is NC(=O)c1c(NC(=O)[C@H]2CCCC[C@H]2C(=O)O)sc2c1CCCCCC2. The number of anilines is 1. The summed E-state index contributed by atoms with van der Waals surface area (Å²) in [7, 11) is 0. The Balaban J connectivity index is 1.86. The number of nitrogens with two attached hydrogens (primary N) is 1. The first-order valence-corrected chi connectivity index (χ1v) is 10.3. The Morgan fingerprint density at radius 3 is 2.27 bits per heavy atom. The van der Waals surface area contributed by atoms with Crippen LogP contribution in [0, 0.1) is 11.8 Å². The van der Waals surface area contributed by atoms with Crippen LogP contribution in [0.2, 0.25) is 0 Å². The standard InChI is InChI=1S/C19H26N2O4S/c20-16(22)15-13-9-3-1-2-4-10-14(13)26-18(15)21-17(23)11-7-5-6-8-12(11)19(24)25/h11-12H,1-10H2,(H2,20,22)(H,21,23)(H,24,25)/t11-,12+/m0/s1. The summed E-state index contributed by atoms with van der Waals surface area (Å²) in [6, 6.07) is 0. The molecule has 0 bridgehead atoms. The van der Waals surface area contributed by atoms with Gasteiger partial charge in [0.15, 0.2) is 0 Å². The van der Waals surface area contributed by atoms with Crippen molar-refractivity contribution in [2.24, 2.45) is 17.6 Å². The number of amides is 2. The molecule has 6 nitrogen and oxygen atoms in total. The van der Waals surface area contributed by atoms with Crippen LogP contribution in [-0.4, -0.2) is 22.9 Å². The van der Waals surface area contributed by atoms with E-state index in [-0.39, 0.29) is 5.91 Å². The van der Waals surface area contributed by atoms with Crippen LogP contribution in [0.5, 0.6) is 0 Å². The van der Waals surface area contributed by atoms with Crippen LogP contribution in [0.3, 0.4) is 0 Å². The predicted molar refractivity (Wildman–Crippen MR) is 100 cm³/mol. The molecule has 0 aliphatic heterocycles. The number of aliphatic carboxylic acids is 1. The number of nitrogens with one attached hydrogen (secondary N) is 1. The van der Waals surface area contributed by atoms with Gasteiger partial charge in [-0.25, -0.2) is 0 Å². The third-order valence-corrected chi connectivity index (χ3v) is 6.78. The van der Waals surface area contributed by atoms with E-state index in [4.69, 9.17) is 5.73 Å². The van der Waals surface area contributed by atoms with E-state index in [1.165, 1.54) is 17.8 Å². The molecule has 1 saturated carbocycles. The monoisotopic (exact) mass is 378 g/mol. The van der Waals surface area contributed by atoms with Gasteiger partial charge in [0.2, 0.25) is 5.91 Å². The van der Waals surface area contributed by atoms with E-state index >= 15 is 0 Å². The van der Waals surface area contributed by atoms with Gasteiger partial charge < -0.3 is 16.2 Å². The van der Waals surface area contributed by atoms with E-state index in [2.05, 4.69) is 5.32 Å². The molecule has 2 atom stereocenters. The maximum Gasteiger partial charge on any atom is 0.307 e. The maximum absolute atomic E-state index is 12.8. The Kier molecular flexibility index (Phi) is 5.96. The van der Waals surface area contributed by atoms with Crippen LogP contribution >= 0.6 is 11.3 Å². The molecule has 7 heteroatoms. The van der Waals surface area contributed by atoms with Gasteiger partial charge in [-0.3, -0.25) is 14.4 Å². The highest BCUT2D eigenvalue weighted by atomic mass is 32.1. The zero-order valence-electron chi connectivity index (χ0n) is 14.9. The van der Waals surface area contributed by atoms with Crippen LogP contribution in [0.25, 0.3) is 0 Å². The van der Waals surface area contributed by atoms with Gasteiger partial charge in [-0.2, -0.15) is 0 Å². The summed E-state index contributed by atoms with van der Waals surface area (Å²) in [5.41, 5.74) is 7.04. The first kappa shape index (κ1) is 18.9. The van der Waals surface area contributed by atoms with Gasteiger partial charge in [-0.05, 0) is 44.1 Å². The van der Waals surface area contributed by atoms with Crippen LogP contribution in [0.15, 0.2) is 0 Å². The number of aryl methyl sites for hydroxylation is 1. The van der Waals surface area contributed by atoms with E-state index < -0.39 is 23.7 Å². The second kappa shape index (κ2) is 8.20. The zero-order valence-corrected chi connectivity index (χ0v) is 15.7. The van der Waals surface area contributed by atoms with Gasteiger partial charge in [-0.1, -0.05) is 25.7 Å². The third kappa shape index (κ3) is 3.92. The topological polar surface area (TPSA) is 109 Å². The predicted octanol–water partition coefficient (Wildman–Crippen LogP) is 3.34. The third-order valence-electron chi connectivity index (χ3n) is 5.57. The molecular weight excluding hydrogens is 352 g/mol. The molecule has 4 N–H and O–H groups in total. The first-order valence-electron chi connectivity index (χ1n) is 9.47. The molecule has 2 amide bonds. The largest absolute Gasteiger partial charge is 0.481 e. The Bertz CT molecular complexity index is 713. The lowest BCUT2D eigenvalue weighted by Crippen LogP contribution is -2.36. The van der Waals surface area contributed by atoms with Crippen molar-refractivity contribution in [3.8, 4) is 0 Å². The number of carboxylic acid groups (broad SMARTS) is 1. The number of hydrogen-bond donors (Lipinski definition) is 3. The molecule has 0 spiro atoms. The molecule has 0 unspecified atom stereocenters. The van der Waals surface area contributed by atoms with Gasteiger partial charge in [0.25, 0.3) is 5.91 Å². The molecule has 0 aromatic carbocycles. The van der Waals surface area contributed by atoms with Gasteiger partial charge in [0.05, 0.1) is 17.4 Å². The van der Waals surface area contributed by atoms with Crippen molar-refractivity contribution in [1.29, 1.82) is 0 Å². The lowest BCUT2D eigenvalue weighted by atomic mass is 9.78. The number of carbonyl (C=O) groups is 3. The fourth-order valence-corrected chi connectivity index (χ4v) is 5.51. The van der Waals surface area contributed by atoms with E-state index in [0.717, 1.165) is 55.4 Å². The fraction of sp³-hybridized carbons (Fsp3) is 0.632. The molecule has 3 rings (SSSR count). The molecule has 1 aromatic rings. The summed E-state index contributed by atoms with van der Waals surface area (Å²) < 4.78 is 0. The number of carboxylic acids is 1. The minimum atomic E-state index is -0.918. The summed E-state index contributed by atoms with van der Waals surface area (Å²) in [5, 5.41) is 12.8. The second-order valence-electron chi connectivity index (χ2n) is 7.31. The maximum atomic E-state index is 12.8. The Hall–Kier alpha value is -1.89. The van der Waals surface area contributed by atoms with Gasteiger partial charge in [-0.15, -0.1) is 11.3 Å². The molecule has 142 valence electrons. The van der Waals surface area contributed by atoms with Gasteiger partial charge in [0, 0.05) is 4.88 Å². The number of rotatable bonds is 4. The van der Waals surface area contributed by atoms with Crippen molar-refractivity contribution in [1.82, 2.24) is 0 Å². The van der Waals surface area contributed by atoms with Crippen molar-refractivity contribution < 1.29 is 19.5 Å². The highest BCUT2D eigenvalue weighted by molar-refractivity contribution is 7.17. The Morgan fingerprint density at radius 2 is 1.62 bits per heavy atom. The number of hydrogen-bond acceptors (Lipinski definition) is 4. The van der Waals surface area contributed by atoms with Crippen molar-refractivity contribution in [3.63, 3.8) is 0 Å². The molecule has 0 saturated heterocycles. The molecular formula is C19H26N2O4S. The summed E-state index contributed by atoms with van der Waals surface area (Å²) in [6.07, 6.45) is 8.89. The van der Waals surface area contributed by atoms with Crippen molar-refractivity contribution >= 4 is 34.1 Å². The Morgan fingerprint density at radius 1 is 0.962 bits per heavy atom. The van der Waals surface area contributed by atoms with E-state index in [1.54, 1.807) is 0 Å². The molecule has 1 heterocycles. The first-order chi connectivity index (χ1) is 12.5. The number of fused-ring (bicyclic) bond motifs is 1. The quantitative estimate of drug-likeness (QED) is 0.746. The molecule has 1 aromatic heterocycles. The van der Waals surface area contributed by atoms with Crippen molar-refractivity contribution in [2.75, 3.05) is 5.32 Å². The summed E-state index contributed by atoms with van der Waals surface area (Å²) in [4.78, 5) is 37.5. The Labute approximate surface area is 157 Å². The van der Waals surface area contributed by atoms with Crippen LogP contribution < -0.4 is 11.1 Å². The molecule has 2 aliphatic carbocycles. The smallest absolute Gasteiger partial charge is 0.307 e. The van der Waals surface area contributed by atoms with E-state index in [0.29, 0.717) is 23.4 Å². The molecule has 26 heavy (non-hydrogen) atoms. The van der Waals surface area contributed by atoms with Gasteiger partial charge >= 0.3 is 5.97 Å². The molecule has 1 fully saturated rings. The van der Waals surface area contributed by atoms with Crippen molar-refractivity contribution in [3.05, 3.63) is 16.0 Å².